The maximum Gasteiger partial charge on any atom is 0.157 e. The van der Waals surface area contributed by atoms with Crippen LogP contribution in [0.5, 0.6) is 0 Å². The lowest BCUT2D eigenvalue weighted by molar-refractivity contribution is -0.106. The van der Waals surface area contributed by atoms with Crippen molar-refractivity contribution in [1.29, 1.82) is 0 Å². The van der Waals surface area contributed by atoms with E-state index in [1.165, 1.54) is 0 Å². The van der Waals surface area contributed by atoms with Gasteiger partial charge in [0.25, 0.3) is 0 Å². The maximum atomic E-state index is 5.28. The molecule has 2 nitrogen and oxygen atoms in total. The van der Waals surface area contributed by atoms with E-state index in [4.69, 9.17) is 9.47 Å². The van der Waals surface area contributed by atoms with Crippen molar-refractivity contribution < 1.29 is 9.47 Å². The van der Waals surface area contributed by atoms with Crippen LogP contribution in [0.3, 0.4) is 0 Å². The molecule has 0 aromatic rings. The van der Waals surface area contributed by atoms with Crippen molar-refractivity contribution in [3.63, 3.8) is 0 Å². The smallest absolute Gasteiger partial charge is 0.157 e. The Hall–Kier alpha value is -0.0800. The maximum absolute atomic E-state index is 5.28. The number of ether oxygens (including phenoxy) is 2. The van der Waals surface area contributed by atoms with E-state index in [0.717, 1.165) is 19.6 Å². The lowest BCUT2D eigenvalue weighted by Gasteiger charge is -2.07. The molecular formula is C7H14O2. The highest BCUT2D eigenvalue weighted by Gasteiger charge is 2.21. The van der Waals surface area contributed by atoms with Crippen LogP contribution in [0.4, 0.5) is 0 Å². The van der Waals surface area contributed by atoms with Gasteiger partial charge in [-0.15, -0.1) is 0 Å². The summed E-state index contributed by atoms with van der Waals surface area (Å²) in [7, 11) is 0. The summed E-state index contributed by atoms with van der Waals surface area (Å²) in [5.41, 5.74) is 0. The minimum atomic E-state index is 0.0880. The first kappa shape index (κ1) is 7.03. The molecule has 1 aliphatic heterocycles. The van der Waals surface area contributed by atoms with Crippen LogP contribution in [-0.2, 0) is 9.47 Å². The monoisotopic (exact) mass is 130 g/mol. The highest BCUT2D eigenvalue weighted by atomic mass is 16.7. The molecule has 0 amide bonds. The van der Waals surface area contributed by atoms with Gasteiger partial charge < -0.3 is 9.47 Å². The second kappa shape index (κ2) is 3.18. The minimum absolute atomic E-state index is 0.0880. The molecule has 0 aliphatic carbocycles. The zero-order chi connectivity index (χ0) is 6.69. The predicted molar refractivity (Wildman–Crippen MR) is 35.1 cm³/mol. The highest BCUT2D eigenvalue weighted by Crippen LogP contribution is 2.18. The van der Waals surface area contributed by atoms with Gasteiger partial charge in [0.2, 0.25) is 0 Å². The molecule has 0 unspecified atom stereocenters. The Labute approximate surface area is 56.2 Å². The molecule has 0 aromatic carbocycles. The summed E-state index contributed by atoms with van der Waals surface area (Å²) in [5.74, 6) is 0.682. The standard InChI is InChI=1S/C7H14O2/c1-3-8-7-4-6(2)5-9-7/h6-7H,3-5H2,1-2H3/t6-,7-/m0/s1. The molecule has 54 valence electrons. The first-order chi connectivity index (χ1) is 4.33. The Morgan fingerprint density at radius 2 is 2.44 bits per heavy atom. The number of hydrogen-bond acceptors (Lipinski definition) is 2. The summed E-state index contributed by atoms with van der Waals surface area (Å²) >= 11 is 0. The Kier molecular flexibility index (Phi) is 2.49. The average Bonchev–Trinajstić information content (AvgIpc) is 2.17. The molecule has 2 heteroatoms. The third kappa shape index (κ3) is 1.95. The molecular weight excluding hydrogens is 116 g/mol. The van der Waals surface area contributed by atoms with Gasteiger partial charge in [0.1, 0.15) is 0 Å². The molecule has 9 heavy (non-hydrogen) atoms. The second-order valence-electron chi connectivity index (χ2n) is 2.56. The van der Waals surface area contributed by atoms with Gasteiger partial charge in [-0.1, -0.05) is 6.92 Å². The zero-order valence-corrected chi connectivity index (χ0v) is 6.09. The molecule has 2 atom stereocenters. The first-order valence-electron chi connectivity index (χ1n) is 3.56. The van der Waals surface area contributed by atoms with Crippen LogP contribution >= 0.6 is 0 Å². The van der Waals surface area contributed by atoms with E-state index in [0.29, 0.717) is 5.92 Å². The average molecular weight is 130 g/mol. The molecule has 1 fully saturated rings. The summed E-state index contributed by atoms with van der Waals surface area (Å²) < 4.78 is 10.5. The highest BCUT2D eigenvalue weighted by molar-refractivity contribution is 4.62. The van der Waals surface area contributed by atoms with Crippen molar-refractivity contribution in [3.05, 3.63) is 0 Å². The van der Waals surface area contributed by atoms with Crippen molar-refractivity contribution >= 4 is 0 Å². The molecule has 0 saturated carbocycles. The summed E-state index contributed by atoms with van der Waals surface area (Å²) in [5, 5.41) is 0. The quantitative estimate of drug-likeness (QED) is 0.562. The normalized spacial score (nSPS) is 35.3. The predicted octanol–water partition coefficient (Wildman–Crippen LogP) is 1.41. The van der Waals surface area contributed by atoms with Gasteiger partial charge in [-0.3, -0.25) is 0 Å². The second-order valence-corrected chi connectivity index (χ2v) is 2.56. The third-order valence-electron chi connectivity index (χ3n) is 1.51. The van der Waals surface area contributed by atoms with Crippen LogP contribution in [0.1, 0.15) is 20.3 Å². The van der Waals surface area contributed by atoms with Crippen molar-refractivity contribution in [1.82, 2.24) is 0 Å². The topological polar surface area (TPSA) is 18.5 Å². The largest absolute Gasteiger partial charge is 0.353 e. The Morgan fingerprint density at radius 3 is 2.89 bits per heavy atom. The fourth-order valence-electron chi connectivity index (χ4n) is 1.04. The van der Waals surface area contributed by atoms with Gasteiger partial charge >= 0.3 is 0 Å². The molecule has 1 rings (SSSR count). The van der Waals surface area contributed by atoms with Gasteiger partial charge in [-0.25, -0.2) is 0 Å². The van der Waals surface area contributed by atoms with Crippen LogP contribution in [-0.4, -0.2) is 19.5 Å². The summed E-state index contributed by atoms with van der Waals surface area (Å²) in [6.07, 6.45) is 1.15. The first-order valence-corrected chi connectivity index (χ1v) is 3.56. The van der Waals surface area contributed by atoms with Crippen LogP contribution in [0.25, 0.3) is 0 Å². The molecule has 0 aromatic heterocycles. The van der Waals surface area contributed by atoms with Crippen LogP contribution in [0, 0.1) is 5.92 Å². The van der Waals surface area contributed by atoms with E-state index in [2.05, 4.69) is 6.92 Å². The van der Waals surface area contributed by atoms with Crippen molar-refractivity contribution in [2.24, 2.45) is 5.92 Å². The van der Waals surface area contributed by atoms with E-state index in [-0.39, 0.29) is 6.29 Å². The molecule has 1 saturated heterocycles. The summed E-state index contributed by atoms with van der Waals surface area (Å²) in [6, 6.07) is 0. The third-order valence-corrected chi connectivity index (χ3v) is 1.51. The lowest BCUT2D eigenvalue weighted by Crippen LogP contribution is -2.09. The number of rotatable bonds is 2. The van der Waals surface area contributed by atoms with Gasteiger partial charge in [0, 0.05) is 13.0 Å². The molecule has 1 heterocycles. The Bertz CT molecular complexity index is 81.0. The van der Waals surface area contributed by atoms with Gasteiger partial charge in [-0.2, -0.15) is 0 Å². The minimum Gasteiger partial charge on any atom is -0.353 e. The molecule has 0 radical (unpaired) electrons. The number of hydrogen-bond donors (Lipinski definition) is 0. The fraction of sp³-hybridized carbons (Fsp3) is 1.00. The molecule has 0 bridgehead atoms. The van der Waals surface area contributed by atoms with E-state index >= 15 is 0 Å². The summed E-state index contributed by atoms with van der Waals surface area (Å²) in [6.45, 7) is 5.80. The SMILES string of the molecule is CCO[C@@H]1C[C@H](C)CO1. The molecule has 1 aliphatic rings. The van der Waals surface area contributed by atoms with Gasteiger partial charge in [-0.05, 0) is 12.8 Å². The Morgan fingerprint density at radius 1 is 1.67 bits per heavy atom. The molecule has 0 spiro atoms. The van der Waals surface area contributed by atoms with Gasteiger partial charge in [0.05, 0.1) is 6.61 Å². The lowest BCUT2D eigenvalue weighted by atomic mass is 10.1. The summed E-state index contributed by atoms with van der Waals surface area (Å²) in [4.78, 5) is 0. The van der Waals surface area contributed by atoms with E-state index in [9.17, 15) is 0 Å². The Balaban J connectivity index is 2.14. The van der Waals surface area contributed by atoms with Crippen LogP contribution < -0.4 is 0 Å². The van der Waals surface area contributed by atoms with Crippen LogP contribution in [0.15, 0.2) is 0 Å². The van der Waals surface area contributed by atoms with E-state index in [1.54, 1.807) is 0 Å². The van der Waals surface area contributed by atoms with E-state index in [1.807, 2.05) is 6.92 Å². The van der Waals surface area contributed by atoms with Crippen molar-refractivity contribution in [3.8, 4) is 0 Å². The van der Waals surface area contributed by atoms with Crippen LogP contribution in [0.2, 0.25) is 0 Å². The van der Waals surface area contributed by atoms with E-state index < -0.39 is 0 Å². The molecule has 0 N–H and O–H groups in total. The van der Waals surface area contributed by atoms with Crippen molar-refractivity contribution in [2.75, 3.05) is 13.2 Å². The van der Waals surface area contributed by atoms with Crippen molar-refractivity contribution in [2.45, 2.75) is 26.6 Å². The fourth-order valence-corrected chi connectivity index (χ4v) is 1.04. The zero-order valence-electron chi connectivity index (χ0n) is 6.09. The van der Waals surface area contributed by atoms with Gasteiger partial charge in [0.15, 0.2) is 6.29 Å².